The van der Waals surface area contributed by atoms with Gasteiger partial charge in [0.05, 0.1) is 12.0 Å². The molecule has 1 aliphatic rings. The Morgan fingerprint density at radius 3 is 2.81 bits per heavy atom. The molecule has 1 heterocycles. The molecule has 2 N–H and O–H groups in total. The summed E-state index contributed by atoms with van der Waals surface area (Å²) in [5, 5.41) is 6.36. The topological polar surface area (TPSA) is 50.4 Å². The molecule has 0 spiro atoms. The molecule has 0 aliphatic carbocycles. The number of amides is 1. The molecule has 0 atom stereocenters. The van der Waals surface area contributed by atoms with Crippen LogP contribution in [0.2, 0.25) is 0 Å². The highest BCUT2D eigenvalue weighted by atomic mass is 16.5. The molecule has 4 nitrogen and oxygen atoms in total. The third-order valence-electron chi connectivity index (χ3n) is 4.36. The normalized spacial score (nSPS) is 17.2. The highest BCUT2D eigenvalue weighted by molar-refractivity contribution is 5.82. The lowest BCUT2D eigenvalue weighted by Crippen LogP contribution is -2.48. The Morgan fingerprint density at radius 2 is 2.14 bits per heavy atom. The molecule has 0 aromatic heterocycles. The molecule has 4 heteroatoms. The molecule has 0 radical (unpaired) electrons. The molecular formula is C17H26N2O2. The largest absolute Gasteiger partial charge is 0.492 e. The quantitative estimate of drug-likeness (QED) is 0.790. The number of benzene rings is 1. The van der Waals surface area contributed by atoms with Gasteiger partial charge in [-0.05, 0) is 57.0 Å². The molecule has 0 bridgehead atoms. The number of rotatable bonds is 6. The number of carbonyl (C=O) groups is 1. The lowest BCUT2D eigenvalue weighted by Gasteiger charge is -2.35. The summed E-state index contributed by atoms with van der Waals surface area (Å²) < 4.78 is 5.66. The third-order valence-corrected chi connectivity index (χ3v) is 4.36. The monoisotopic (exact) mass is 290 g/mol. The molecule has 1 amide bonds. The van der Waals surface area contributed by atoms with Gasteiger partial charge in [-0.3, -0.25) is 4.79 Å². The lowest BCUT2D eigenvalue weighted by atomic mass is 9.76. The van der Waals surface area contributed by atoms with Gasteiger partial charge in [0.15, 0.2) is 0 Å². The van der Waals surface area contributed by atoms with Crippen molar-refractivity contribution in [3.8, 4) is 5.75 Å². The lowest BCUT2D eigenvalue weighted by molar-refractivity contribution is -0.133. The molecule has 1 saturated heterocycles. The van der Waals surface area contributed by atoms with E-state index in [1.165, 1.54) is 5.56 Å². The van der Waals surface area contributed by atoms with Crippen molar-refractivity contribution in [1.82, 2.24) is 10.6 Å². The number of aryl methyl sites for hydroxylation is 1. The van der Waals surface area contributed by atoms with Crippen LogP contribution in [-0.4, -0.2) is 32.1 Å². The summed E-state index contributed by atoms with van der Waals surface area (Å²) in [5.41, 5.74) is 0.991. The average molecular weight is 290 g/mol. The maximum Gasteiger partial charge on any atom is 0.226 e. The van der Waals surface area contributed by atoms with Crippen molar-refractivity contribution in [2.45, 2.75) is 33.1 Å². The van der Waals surface area contributed by atoms with Crippen LogP contribution in [-0.2, 0) is 4.79 Å². The Labute approximate surface area is 127 Å². The van der Waals surface area contributed by atoms with Crippen molar-refractivity contribution in [2.75, 3.05) is 26.2 Å². The standard InChI is InChI=1S/C17H26N2O2/c1-3-17(7-9-18-10-8-17)16(20)19-11-12-21-15-6-4-5-14(2)13-15/h4-6,13,18H,3,7-12H2,1-2H3,(H,19,20). The highest BCUT2D eigenvalue weighted by Gasteiger charge is 2.37. The van der Waals surface area contributed by atoms with Gasteiger partial charge in [0.25, 0.3) is 0 Å². The van der Waals surface area contributed by atoms with E-state index in [4.69, 9.17) is 4.74 Å². The van der Waals surface area contributed by atoms with Gasteiger partial charge >= 0.3 is 0 Å². The minimum atomic E-state index is -0.186. The maximum absolute atomic E-state index is 12.4. The Morgan fingerprint density at radius 1 is 1.38 bits per heavy atom. The SMILES string of the molecule is CCC1(C(=O)NCCOc2cccc(C)c2)CCNCC1. The minimum Gasteiger partial charge on any atom is -0.492 e. The summed E-state index contributed by atoms with van der Waals surface area (Å²) in [6.45, 7) is 7.07. The molecule has 0 saturated carbocycles. The van der Waals surface area contributed by atoms with Crippen LogP contribution >= 0.6 is 0 Å². The summed E-state index contributed by atoms with van der Waals surface area (Å²) in [4.78, 5) is 12.4. The van der Waals surface area contributed by atoms with Gasteiger partial charge in [-0.15, -0.1) is 0 Å². The molecule has 1 aromatic carbocycles. The summed E-state index contributed by atoms with van der Waals surface area (Å²) in [5.74, 6) is 1.04. The third kappa shape index (κ3) is 4.21. The average Bonchev–Trinajstić information content (AvgIpc) is 2.52. The fourth-order valence-corrected chi connectivity index (χ4v) is 2.87. The Kier molecular flexibility index (Phi) is 5.62. The first-order valence-corrected chi connectivity index (χ1v) is 7.85. The number of hydrogen-bond acceptors (Lipinski definition) is 3. The van der Waals surface area contributed by atoms with E-state index in [0.29, 0.717) is 13.2 Å². The van der Waals surface area contributed by atoms with Crippen molar-refractivity contribution in [3.63, 3.8) is 0 Å². The predicted molar refractivity (Wildman–Crippen MR) is 84.5 cm³/mol. The van der Waals surface area contributed by atoms with Crippen molar-refractivity contribution >= 4 is 5.91 Å². The smallest absolute Gasteiger partial charge is 0.226 e. The molecule has 1 aromatic rings. The van der Waals surface area contributed by atoms with Crippen LogP contribution in [0.25, 0.3) is 0 Å². The summed E-state index contributed by atoms with van der Waals surface area (Å²) in [6, 6.07) is 7.96. The van der Waals surface area contributed by atoms with Gasteiger partial charge in [0, 0.05) is 0 Å². The van der Waals surface area contributed by atoms with Crippen molar-refractivity contribution in [2.24, 2.45) is 5.41 Å². The second-order valence-electron chi connectivity index (χ2n) is 5.80. The van der Waals surface area contributed by atoms with Gasteiger partial charge < -0.3 is 15.4 Å². The van der Waals surface area contributed by atoms with Crippen LogP contribution < -0.4 is 15.4 Å². The zero-order valence-electron chi connectivity index (χ0n) is 13.1. The number of hydrogen-bond donors (Lipinski definition) is 2. The van der Waals surface area contributed by atoms with E-state index in [1.807, 2.05) is 31.2 Å². The van der Waals surface area contributed by atoms with Crippen LogP contribution in [0.4, 0.5) is 0 Å². The van der Waals surface area contributed by atoms with E-state index in [2.05, 4.69) is 17.6 Å². The number of ether oxygens (including phenoxy) is 1. The van der Waals surface area contributed by atoms with Gasteiger partial charge in [-0.1, -0.05) is 19.1 Å². The van der Waals surface area contributed by atoms with E-state index in [1.54, 1.807) is 0 Å². The fraction of sp³-hybridized carbons (Fsp3) is 0.588. The fourth-order valence-electron chi connectivity index (χ4n) is 2.87. The van der Waals surface area contributed by atoms with Crippen LogP contribution in [0, 0.1) is 12.3 Å². The summed E-state index contributed by atoms with van der Waals surface area (Å²) in [6.07, 6.45) is 2.75. The Bertz CT molecular complexity index is 468. The maximum atomic E-state index is 12.4. The van der Waals surface area contributed by atoms with Gasteiger partial charge in [-0.25, -0.2) is 0 Å². The Balaban J connectivity index is 1.76. The van der Waals surface area contributed by atoms with Crippen molar-refractivity contribution in [1.29, 1.82) is 0 Å². The number of piperidine rings is 1. The summed E-state index contributed by atoms with van der Waals surface area (Å²) in [7, 11) is 0. The zero-order valence-corrected chi connectivity index (χ0v) is 13.1. The van der Waals surface area contributed by atoms with Crippen molar-refractivity contribution < 1.29 is 9.53 Å². The van der Waals surface area contributed by atoms with E-state index >= 15 is 0 Å². The van der Waals surface area contributed by atoms with E-state index in [9.17, 15) is 4.79 Å². The van der Waals surface area contributed by atoms with Crippen LogP contribution in [0.3, 0.4) is 0 Å². The first-order valence-electron chi connectivity index (χ1n) is 7.85. The second-order valence-corrected chi connectivity index (χ2v) is 5.80. The van der Waals surface area contributed by atoms with E-state index in [-0.39, 0.29) is 11.3 Å². The molecule has 0 unspecified atom stereocenters. The molecular weight excluding hydrogens is 264 g/mol. The second kappa shape index (κ2) is 7.46. The van der Waals surface area contributed by atoms with Crippen molar-refractivity contribution in [3.05, 3.63) is 29.8 Å². The predicted octanol–water partition coefficient (Wildman–Crippen LogP) is 2.27. The molecule has 21 heavy (non-hydrogen) atoms. The first kappa shape index (κ1) is 15.8. The number of carbonyl (C=O) groups excluding carboxylic acids is 1. The van der Waals surface area contributed by atoms with Gasteiger partial charge in [-0.2, -0.15) is 0 Å². The molecule has 1 fully saturated rings. The molecule has 1 aliphatic heterocycles. The van der Waals surface area contributed by atoms with E-state index < -0.39 is 0 Å². The zero-order chi connectivity index (χ0) is 15.1. The number of nitrogens with one attached hydrogen (secondary N) is 2. The molecule has 2 rings (SSSR count). The molecule has 116 valence electrons. The van der Waals surface area contributed by atoms with Crippen LogP contribution in [0.1, 0.15) is 31.7 Å². The summed E-state index contributed by atoms with van der Waals surface area (Å²) >= 11 is 0. The Hall–Kier alpha value is -1.55. The highest BCUT2D eigenvalue weighted by Crippen LogP contribution is 2.32. The minimum absolute atomic E-state index is 0.180. The van der Waals surface area contributed by atoms with Gasteiger partial charge in [0.1, 0.15) is 12.4 Å². The van der Waals surface area contributed by atoms with Crippen LogP contribution in [0.15, 0.2) is 24.3 Å². The van der Waals surface area contributed by atoms with Crippen LogP contribution in [0.5, 0.6) is 5.75 Å². The van der Waals surface area contributed by atoms with Gasteiger partial charge in [0.2, 0.25) is 5.91 Å². The first-order chi connectivity index (χ1) is 10.2. The van der Waals surface area contributed by atoms with E-state index in [0.717, 1.165) is 38.1 Å².